The van der Waals surface area contributed by atoms with E-state index in [-0.39, 0.29) is 17.4 Å². The van der Waals surface area contributed by atoms with Crippen LogP contribution < -0.4 is 5.32 Å². The number of carbonyl (C=O) groups is 1. The third-order valence-corrected chi connectivity index (χ3v) is 4.94. The van der Waals surface area contributed by atoms with E-state index in [1.165, 1.54) is 0 Å². The fourth-order valence-corrected chi connectivity index (χ4v) is 3.48. The highest BCUT2D eigenvalue weighted by molar-refractivity contribution is 5.79. The van der Waals surface area contributed by atoms with Crippen molar-refractivity contribution in [3.63, 3.8) is 0 Å². The summed E-state index contributed by atoms with van der Waals surface area (Å²) in [5.41, 5.74) is -0.112. The van der Waals surface area contributed by atoms with Crippen LogP contribution in [0.5, 0.6) is 0 Å². The highest BCUT2D eigenvalue weighted by Crippen LogP contribution is 2.30. The van der Waals surface area contributed by atoms with Crippen LogP contribution in [0.4, 0.5) is 0 Å². The average Bonchev–Trinajstić information content (AvgIpc) is 2.79. The second-order valence-electron chi connectivity index (χ2n) is 6.57. The Kier molecular flexibility index (Phi) is 4.78. The molecular weight excluding hydrogens is 270 g/mol. The minimum Gasteiger partial charge on any atom is -0.379 e. The molecule has 3 saturated heterocycles. The van der Waals surface area contributed by atoms with E-state index in [9.17, 15) is 4.79 Å². The third kappa shape index (κ3) is 3.56. The molecule has 1 atom stereocenters. The van der Waals surface area contributed by atoms with Gasteiger partial charge in [-0.25, -0.2) is 0 Å². The number of piperidine rings is 1. The summed E-state index contributed by atoms with van der Waals surface area (Å²) in [5.74, 6) is 0.180. The maximum absolute atomic E-state index is 12.7. The van der Waals surface area contributed by atoms with Crippen LogP contribution in [0, 0.1) is 5.92 Å². The van der Waals surface area contributed by atoms with Gasteiger partial charge < -0.3 is 24.6 Å². The molecule has 0 bridgehead atoms. The molecule has 3 heterocycles. The van der Waals surface area contributed by atoms with Crippen molar-refractivity contribution in [2.45, 2.75) is 18.4 Å². The highest BCUT2D eigenvalue weighted by atomic mass is 16.5. The summed E-state index contributed by atoms with van der Waals surface area (Å²) in [6, 6.07) is 0. The molecule has 120 valence electrons. The normalized spacial score (nSPS) is 31.1. The Bertz CT molecular complexity index is 361. The zero-order chi connectivity index (χ0) is 14.7. The summed E-state index contributed by atoms with van der Waals surface area (Å²) in [5, 5.41) is 3.28. The van der Waals surface area contributed by atoms with E-state index < -0.39 is 0 Å². The van der Waals surface area contributed by atoms with Crippen LogP contribution in [-0.2, 0) is 14.3 Å². The molecule has 3 aliphatic rings. The van der Waals surface area contributed by atoms with E-state index in [4.69, 9.17) is 9.47 Å². The number of morpholine rings is 1. The van der Waals surface area contributed by atoms with Crippen molar-refractivity contribution in [1.29, 1.82) is 0 Å². The Balaban J connectivity index is 1.61. The first-order valence-electron chi connectivity index (χ1n) is 8.08. The van der Waals surface area contributed by atoms with Crippen LogP contribution in [0.25, 0.3) is 0 Å². The van der Waals surface area contributed by atoms with Gasteiger partial charge in [-0.1, -0.05) is 0 Å². The molecule has 0 aromatic heterocycles. The van der Waals surface area contributed by atoms with E-state index in [1.807, 2.05) is 4.90 Å². The molecule has 3 aliphatic heterocycles. The first kappa shape index (κ1) is 15.2. The van der Waals surface area contributed by atoms with Crippen LogP contribution in [0.15, 0.2) is 0 Å². The Hall–Kier alpha value is -0.690. The number of nitrogens with zero attached hydrogens (tertiary/aromatic N) is 2. The Morgan fingerprint density at radius 2 is 2.05 bits per heavy atom. The van der Waals surface area contributed by atoms with Gasteiger partial charge in [-0.15, -0.1) is 0 Å². The van der Waals surface area contributed by atoms with Gasteiger partial charge in [0, 0.05) is 39.3 Å². The van der Waals surface area contributed by atoms with Crippen LogP contribution >= 0.6 is 0 Å². The molecule has 1 spiro atoms. The largest absolute Gasteiger partial charge is 0.379 e. The van der Waals surface area contributed by atoms with Gasteiger partial charge in [-0.05, 0) is 19.9 Å². The van der Waals surface area contributed by atoms with Crippen molar-refractivity contribution in [3.05, 3.63) is 0 Å². The second-order valence-corrected chi connectivity index (χ2v) is 6.57. The number of rotatable bonds is 1. The molecule has 1 N–H and O–H groups in total. The second kappa shape index (κ2) is 6.60. The lowest BCUT2D eigenvalue weighted by Crippen LogP contribution is -2.59. The molecule has 0 aliphatic carbocycles. The summed E-state index contributed by atoms with van der Waals surface area (Å²) in [6.07, 6.45) is 2.04. The maximum atomic E-state index is 12.7. The average molecular weight is 297 g/mol. The minimum absolute atomic E-state index is 0.0473. The molecule has 1 unspecified atom stereocenters. The quantitative estimate of drug-likeness (QED) is 0.710. The predicted octanol–water partition coefficient (Wildman–Crippen LogP) is -0.454. The van der Waals surface area contributed by atoms with Crippen molar-refractivity contribution in [1.82, 2.24) is 15.1 Å². The molecule has 3 fully saturated rings. The van der Waals surface area contributed by atoms with Gasteiger partial charge in [-0.3, -0.25) is 4.79 Å². The zero-order valence-corrected chi connectivity index (χ0v) is 13.0. The SMILES string of the molecule is CN1CCC2(CC1)CN(C(=O)C1CNCCOC1)CCO2. The number of hydrogen-bond acceptors (Lipinski definition) is 5. The molecule has 0 saturated carbocycles. The fourth-order valence-electron chi connectivity index (χ4n) is 3.48. The Morgan fingerprint density at radius 3 is 2.86 bits per heavy atom. The minimum atomic E-state index is -0.112. The Labute approximate surface area is 126 Å². The Morgan fingerprint density at radius 1 is 1.24 bits per heavy atom. The number of hydrogen-bond donors (Lipinski definition) is 1. The number of amides is 1. The van der Waals surface area contributed by atoms with Crippen LogP contribution in [0.1, 0.15) is 12.8 Å². The summed E-state index contributed by atoms with van der Waals surface area (Å²) < 4.78 is 11.6. The summed E-state index contributed by atoms with van der Waals surface area (Å²) >= 11 is 0. The lowest BCUT2D eigenvalue weighted by Gasteiger charge is -2.47. The molecule has 21 heavy (non-hydrogen) atoms. The fraction of sp³-hybridized carbons (Fsp3) is 0.933. The lowest BCUT2D eigenvalue weighted by molar-refractivity contribution is -0.163. The molecule has 0 aromatic rings. The lowest BCUT2D eigenvalue weighted by atomic mass is 9.89. The first-order valence-corrected chi connectivity index (χ1v) is 8.08. The summed E-state index contributed by atoms with van der Waals surface area (Å²) in [6.45, 7) is 7.03. The smallest absolute Gasteiger partial charge is 0.229 e. The van der Waals surface area contributed by atoms with E-state index in [0.717, 1.165) is 45.6 Å². The van der Waals surface area contributed by atoms with Crippen molar-refractivity contribution < 1.29 is 14.3 Å². The number of nitrogens with one attached hydrogen (secondary N) is 1. The van der Waals surface area contributed by atoms with Gasteiger partial charge in [0.05, 0.1) is 31.3 Å². The van der Waals surface area contributed by atoms with Crippen LogP contribution in [-0.4, -0.2) is 87.4 Å². The van der Waals surface area contributed by atoms with Gasteiger partial charge in [0.2, 0.25) is 5.91 Å². The van der Waals surface area contributed by atoms with E-state index in [0.29, 0.717) is 26.4 Å². The monoisotopic (exact) mass is 297 g/mol. The zero-order valence-electron chi connectivity index (χ0n) is 13.0. The number of ether oxygens (including phenoxy) is 2. The topological polar surface area (TPSA) is 54.0 Å². The summed E-state index contributed by atoms with van der Waals surface area (Å²) in [4.78, 5) is 17.1. The maximum Gasteiger partial charge on any atom is 0.229 e. The van der Waals surface area contributed by atoms with Gasteiger partial charge >= 0.3 is 0 Å². The predicted molar refractivity (Wildman–Crippen MR) is 79.2 cm³/mol. The molecule has 6 heteroatoms. The molecule has 1 amide bonds. The molecule has 3 rings (SSSR count). The standard InChI is InChI=1S/C15H27N3O3/c1-17-5-2-15(3-6-17)12-18(7-9-21-15)14(19)13-10-16-4-8-20-11-13/h13,16H,2-12H2,1H3. The number of carbonyl (C=O) groups excluding carboxylic acids is 1. The molecule has 0 radical (unpaired) electrons. The first-order chi connectivity index (χ1) is 10.2. The van der Waals surface area contributed by atoms with Gasteiger partial charge in [0.1, 0.15) is 0 Å². The molecule has 0 aromatic carbocycles. The van der Waals surface area contributed by atoms with Crippen molar-refractivity contribution in [3.8, 4) is 0 Å². The van der Waals surface area contributed by atoms with E-state index in [2.05, 4.69) is 17.3 Å². The van der Waals surface area contributed by atoms with Crippen molar-refractivity contribution >= 4 is 5.91 Å². The van der Waals surface area contributed by atoms with Gasteiger partial charge in [-0.2, -0.15) is 0 Å². The van der Waals surface area contributed by atoms with Crippen LogP contribution in [0.3, 0.4) is 0 Å². The van der Waals surface area contributed by atoms with E-state index in [1.54, 1.807) is 0 Å². The van der Waals surface area contributed by atoms with Crippen molar-refractivity contribution in [2.75, 3.05) is 66.1 Å². The molecular formula is C15H27N3O3. The molecule has 6 nitrogen and oxygen atoms in total. The van der Waals surface area contributed by atoms with Crippen LogP contribution in [0.2, 0.25) is 0 Å². The highest BCUT2D eigenvalue weighted by Gasteiger charge is 2.41. The third-order valence-electron chi connectivity index (χ3n) is 4.94. The van der Waals surface area contributed by atoms with Gasteiger partial charge in [0.25, 0.3) is 0 Å². The number of likely N-dealkylation sites (tertiary alicyclic amines) is 1. The van der Waals surface area contributed by atoms with E-state index >= 15 is 0 Å². The summed E-state index contributed by atoms with van der Waals surface area (Å²) in [7, 11) is 2.15. The van der Waals surface area contributed by atoms with Gasteiger partial charge in [0.15, 0.2) is 0 Å². The van der Waals surface area contributed by atoms with Crippen molar-refractivity contribution in [2.24, 2.45) is 5.92 Å².